The van der Waals surface area contributed by atoms with Gasteiger partial charge in [0.25, 0.3) is 10.1 Å². The third kappa shape index (κ3) is 29.5. The number of aliphatic hydroxyl groups excluding tert-OH is 1. The number of rotatable bonds is 28. The first-order chi connectivity index (χ1) is 20.3. The molecule has 0 fully saturated rings. The standard InChI is InChI=1S/C35H61NO5S/c1-3-5-7-9-11-13-15-16-17-18-19-20-21-23-25-27-29-31-35(38)36-33(32-42(39,40)41)34(37)30-28-26-24-22-14-12-10-8-6-4-2/h5,7,11,13-14,16-17,22,28,30,33-34,37H,3-4,6,8-10,12,15,18-21,23-27,29,31-32H2,1-2H3,(H,36,38)(H,39,40,41)/b7-5-,13-11-,17-16-,22-14+,30-28+. The van der Waals surface area contributed by atoms with Gasteiger partial charge in [-0.05, 0) is 64.2 Å². The smallest absolute Gasteiger partial charge is 0.267 e. The Hall–Kier alpha value is -1.96. The first-order valence-electron chi connectivity index (χ1n) is 16.5. The van der Waals surface area contributed by atoms with Crippen molar-refractivity contribution in [3.05, 3.63) is 60.8 Å². The number of nitrogens with one attached hydrogen (secondary N) is 1. The van der Waals surface area contributed by atoms with Crippen molar-refractivity contribution in [3.8, 4) is 0 Å². The minimum Gasteiger partial charge on any atom is -0.387 e. The van der Waals surface area contributed by atoms with Crippen LogP contribution in [0, 0.1) is 0 Å². The molecule has 6 nitrogen and oxygen atoms in total. The summed E-state index contributed by atoms with van der Waals surface area (Å²) in [5.74, 6) is -1.02. The minimum atomic E-state index is -4.35. The average molecular weight is 608 g/mol. The Bertz CT molecular complexity index is 889. The van der Waals surface area contributed by atoms with Gasteiger partial charge in [0.2, 0.25) is 5.91 Å². The Morgan fingerprint density at radius 3 is 1.79 bits per heavy atom. The Morgan fingerprint density at radius 1 is 0.667 bits per heavy atom. The lowest BCUT2D eigenvalue weighted by Crippen LogP contribution is -2.46. The summed E-state index contributed by atoms with van der Waals surface area (Å²) in [5.41, 5.74) is 0. The highest BCUT2D eigenvalue weighted by molar-refractivity contribution is 7.85. The predicted octanol–water partition coefficient (Wildman–Crippen LogP) is 8.95. The van der Waals surface area contributed by atoms with E-state index < -0.39 is 28.0 Å². The van der Waals surface area contributed by atoms with Gasteiger partial charge in [-0.2, -0.15) is 8.42 Å². The van der Waals surface area contributed by atoms with Crippen molar-refractivity contribution in [2.24, 2.45) is 0 Å². The van der Waals surface area contributed by atoms with Gasteiger partial charge in [-0.3, -0.25) is 9.35 Å². The second kappa shape index (κ2) is 29.1. The van der Waals surface area contributed by atoms with Crippen LogP contribution in [0.4, 0.5) is 0 Å². The molecular formula is C35H61NO5S. The molecule has 3 N–H and O–H groups in total. The number of unbranched alkanes of at least 4 members (excludes halogenated alkanes) is 12. The molecule has 0 saturated heterocycles. The summed E-state index contributed by atoms with van der Waals surface area (Å²) in [6, 6.07) is -1.08. The lowest BCUT2D eigenvalue weighted by molar-refractivity contribution is -0.122. The maximum absolute atomic E-state index is 12.4. The largest absolute Gasteiger partial charge is 0.387 e. The fraction of sp³-hybridized carbons (Fsp3) is 0.686. The normalized spacial score (nSPS) is 14.3. The van der Waals surface area contributed by atoms with E-state index in [1.807, 2.05) is 0 Å². The monoisotopic (exact) mass is 607 g/mol. The molecule has 0 saturated carbocycles. The van der Waals surface area contributed by atoms with Gasteiger partial charge in [0.15, 0.2) is 0 Å². The number of aliphatic hydroxyl groups is 1. The molecule has 2 atom stereocenters. The van der Waals surface area contributed by atoms with Crippen molar-refractivity contribution in [3.63, 3.8) is 0 Å². The van der Waals surface area contributed by atoms with Crippen LogP contribution in [0.3, 0.4) is 0 Å². The molecule has 1 amide bonds. The van der Waals surface area contributed by atoms with Crippen molar-refractivity contribution in [1.29, 1.82) is 0 Å². The second-order valence-electron chi connectivity index (χ2n) is 11.0. The van der Waals surface area contributed by atoms with E-state index in [1.165, 1.54) is 51.0 Å². The number of carbonyl (C=O) groups excluding carboxylic acids is 1. The quantitative estimate of drug-likeness (QED) is 0.0468. The fourth-order valence-electron chi connectivity index (χ4n) is 4.48. The highest BCUT2D eigenvalue weighted by atomic mass is 32.2. The number of allylic oxidation sites excluding steroid dienone is 9. The first kappa shape index (κ1) is 40.0. The maximum atomic E-state index is 12.4. The molecule has 2 unspecified atom stereocenters. The summed E-state index contributed by atoms with van der Waals surface area (Å²) in [6.45, 7) is 4.34. The minimum absolute atomic E-state index is 0.273. The van der Waals surface area contributed by atoms with Crippen molar-refractivity contribution in [1.82, 2.24) is 5.32 Å². The average Bonchev–Trinajstić information content (AvgIpc) is 2.94. The van der Waals surface area contributed by atoms with Gasteiger partial charge in [0, 0.05) is 6.42 Å². The summed E-state index contributed by atoms with van der Waals surface area (Å²) in [7, 11) is -4.35. The number of hydrogen-bond donors (Lipinski definition) is 3. The van der Waals surface area contributed by atoms with Crippen molar-refractivity contribution in [2.75, 3.05) is 5.75 Å². The molecule has 0 heterocycles. The summed E-state index contributed by atoms with van der Waals surface area (Å²) in [6.07, 6.45) is 39.2. The number of carbonyl (C=O) groups is 1. The molecule has 0 radical (unpaired) electrons. The van der Waals surface area contributed by atoms with Crippen LogP contribution < -0.4 is 5.32 Å². The predicted molar refractivity (Wildman–Crippen MR) is 179 cm³/mol. The summed E-state index contributed by atoms with van der Waals surface area (Å²) in [5, 5.41) is 13.1. The van der Waals surface area contributed by atoms with Crippen LogP contribution in [-0.4, -0.2) is 41.9 Å². The van der Waals surface area contributed by atoms with Crippen LogP contribution in [0.5, 0.6) is 0 Å². The molecule has 0 aromatic carbocycles. The van der Waals surface area contributed by atoms with Gasteiger partial charge in [-0.15, -0.1) is 0 Å². The van der Waals surface area contributed by atoms with Gasteiger partial charge >= 0.3 is 0 Å². The maximum Gasteiger partial charge on any atom is 0.267 e. The van der Waals surface area contributed by atoms with Crippen LogP contribution in [0.15, 0.2) is 60.8 Å². The third-order valence-electron chi connectivity index (χ3n) is 6.93. The molecular weight excluding hydrogens is 546 g/mol. The van der Waals surface area contributed by atoms with E-state index in [2.05, 4.69) is 67.8 Å². The number of hydrogen-bond acceptors (Lipinski definition) is 4. The Morgan fingerprint density at radius 2 is 1.17 bits per heavy atom. The van der Waals surface area contributed by atoms with E-state index in [-0.39, 0.29) is 12.3 Å². The van der Waals surface area contributed by atoms with Crippen LogP contribution in [-0.2, 0) is 14.9 Å². The van der Waals surface area contributed by atoms with E-state index >= 15 is 0 Å². The molecule has 0 bridgehead atoms. The van der Waals surface area contributed by atoms with Crippen molar-refractivity contribution in [2.45, 2.75) is 148 Å². The Kier molecular flexibility index (Phi) is 27.8. The molecule has 0 rings (SSSR count). The molecule has 0 aromatic heterocycles. The highest BCUT2D eigenvalue weighted by Gasteiger charge is 2.24. The van der Waals surface area contributed by atoms with Gasteiger partial charge in [0.1, 0.15) is 0 Å². The number of amides is 1. The fourth-order valence-corrected chi connectivity index (χ4v) is 5.21. The molecule has 0 spiro atoms. The molecule has 42 heavy (non-hydrogen) atoms. The zero-order valence-corrected chi connectivity index (χ0v) is 27.4. The molecule has 0 aliphatic carbocycles. The topological polar surface area (TPSA) is 104 Å². The van der Waals surface area contributed by atoms with Crippen molar-refractivity contribution >= 4 is 16.0 Å². The molecule has 242 valence electrons. The summed E-state index contributed by atoms with van der Waals surface area (Å²) < 4.78 is 32.2. The third-order valence-corrected chi connectivity index (χ3v) is 7.71. The van der Waals surface area contributed by atoms with Gasteiger partial charge in [-0.1, -0.05) is 126 Å². The second-order valence-corrected chi connectivity index (χ2v) is 12.5. The Balaban J connectivity index is 4.07. The molecule has 7 heteroatoms. The van der Waals surface area contributed by atoms with Crippen molar-refractivity contribution < 1.29 is 22.9 Å². The van der Waals surface area contributed by atoms with E-state index in [9.17, 15) is 22.9 Å². The molecule has 0 aromatic rings. The molecule has 0 aliphatic heterocycles. The Labute approximate surface area is 258 Å². The van der Waals surface area contributed by atoms with E-state index in [4.69, 9.17) is 0 Å². The van der Waals surface area contributed by atoms with Gasteiger partial charge < -0.3 is 10.4 Å². The van der Waals surface area contributed by atoms with Gasteiger partial charge in [0.05, 0.1) is 17.9 Å². The lowest BCUT2D eigenvalue weighted by Gasteiger charge is -2.21. The first-order valence-corrected chi connectivity index (χ1v) is 18.1. The lowest BCUT2D eigenvalue weighted by atomic mass is 10.1. The van der Waals surface area contributed by atoms with Crippen LogP contribution in [0.1, 0.15) is 136 Å². The zero-order valence-electron chi connectivity index (χ0n) is 26.6. The van der Waals surface area contributed by atoms with Crippen LogP contribution in [0.2, 0.25) is 0 Å². The van der Waals surface area contributed by atoms with E-state index in [0.29, 0.717) is 12.8 Å². The highest BCUT2D eigenvalue weighted by Crippen LogP contribution is 2.11. The van der Waals surface area contributed by atoms with Crippen LogP contribution in [0.25, 0.3) is 0 Å². The van der Waals surface area contributed by atoms with E-state index in [0.717, 1.165) is 57.8 Å². The van der Waals surface area contributed by atoms with Gasteiger partial charge in [-0.25, -0.2) is 0 Å². The van der Waals surface area contributed by atoms with E-state index in [1.54, 1.807) is 6.08 Å². The SMILES string of the molecule is CC/C=C\C/C=C\C/C=C\CCCCCCCCCC(=O)NC(CS(=O)(=O)O)C(O)/C=C/CC/C=C/CCCCCC. The summed E-state index contributed by atoms with van der Waals surface area (Å²) in [4.78, 5) is 12.4. The summed E-state index contributed by atoms with van der Waals surface area (Å²) >= 11 is 0. The van der Waals surface area contributed by atoms with Crippen LogP contribution >= 0.6 is 0 Å². The zero-order chi connectivity index (χ0) is 31.2. The molecule has 0 aliphatic rings.